The van der Waals surface area contributed by atoms with Crippen LogP contribution < -0.4 is 5.73 Å². The van der Waals surface area contributed by atoms with Crippen molar-refractivity contribution in [2.45, 2.75) is 17.8 Å². The molecule has 5 N–H and O–H groups in total. The molecule has 2 atom stereocenters. The Morgan fingerprint density at radius 1 is 1.42 bits per heavy atom. The van der Waals surface area contributed by atoms with Crippen molar-refractivity contribution in [3.8, 4) is 11.5 Å². The summed E-state index contributed by atoms with van der Waals surface area (Å²) in [6.07, 6.45) is 0. The van der Waals surface area contributed by atoms with Crippen molar-refractivity contribution in [3.05, 3.63) is 29.0 Å². The first-order valence-electron chi connectivity index (χ1n) is 6.70. The summed E-state index contributed by atoms with van der Waals surface area (Å²) >= 11 is 1.10. The number of rotatable bonds is 2. The Balaban J connectivity index is 2.22. The quantitative estimate of drug-likeness (QED) is 0.455. The van der Waals surface area contributed by atoms with Crippen LogP contribution in [-0.2, 0) is 9.59 Å². The molecule has 1 aromatic rings. The zero-order chi connectivity index (χ0) is 18.0. The van der Waals surface area contributed by atoms with Crippen molar-refractivity contribution >= 4 is 29.2 Å². The fourth-order valence-corrected chi connectivity index (χ4v) is 4.19. The third-order valence-electron chi connectivity index (χ3n) is 4.03. The molecule has 0 spiro atoms. The fourth-order valence-electron chi connectivity index (χ4n) is 2.78. The Bertz CT molecular complexity index is 824. The number of nitrogens with zero attached hydrogens (tertiary/aromatic N) is 1. The average molecular weight is 358 g/mol. The highest BCUT2D eigenvalue weighted by Crippen LogP contribution is 2.48. The summed E-state index contributed by atoms with van der Waals surface area (Å²) < 4.78 is 27.9. The molecule has 2 heterocycles. The molecule has 1 unspecified atom stereocenters. The van der Waals surface area contributed by atoms with E-state index >= 15 is 0 Å². The van der Waals surface area contributed by atoms with Crippen LogP contribution in [0.2, 0.25) is 0 Å². The number of phenols is 2. The number of phenolic OH excluding ortho intramolecular Hbond substituents is 2. The van der Waals surface area contributed by atoms with Gasteiger partial charge in [0.2, 0.25) is 0 Å². The van der Waals surface area contributed by atoms with Crippen molar-refractivity contribution in [1.29, 1.82) is 0 Å². The van der Waals surface area contributed by atoms with Crippen LogP contribution in [0.1, 0.15) is 12.5 Å². The zero-order valence-corrected chi connectivity index (χ0v) is 13.0. The Kier molecular flexibility index (Phi) is 3.50. The van der Waals surface area contributed by atoms with Gasteiger partial charge in [-0.3, -0.25) is 9.69 Å². The predicted molar refractivity (Wildman–Crippen MR) is 79.9 cm³/mol. The largest absolute Gasteiger partial charge is 0.502 e. The first-order valence-corrected chi connectivity index (χ1v) is 7.74. The Morgan fingerprint density at radius 2 is 2.04 bits per heavy atom. The Morgan fingerprint density at radius 3 is 2.62 bits per heavy atom. The lowest BCUT2D eigenvalue weighted by molar-refractivity contribution is -0.153. The molecule has 3 rings (SSSR count). The normalized spacial score (nSPS) is 26.2. The van der Waals surface area contributed by atoms with Gasteiger partial charge in [-0.05, 0) is 13.0 Å². The molecular formula is C14H12F2N2O5S. The summed E-state index contributed by atoms with van der Waals surface area (Å²) in [5, 5.41) is 27.5. The minimum Gasteiger partial charge on any atom is -0.502 e. The molecule has 0 radical (unpaired) electrons. The van der Waals surface area contributed by atoms with Crippen LogP contribution in [0, 0.1) is 11.6 Å². The predicted octanol–water partition coefficient (Wildman–Crippen LogP) is 0.804. The van der Waals surface area contributed by atoms with Gasteiger partial charge >= 0.3 is 5.97 Å². The number of hydrogen-bond acceptors (Lipinski definition) is 6. The highest BCUT2D eigenvalue weighted by Gasteiger charge is 2.60. The third kappa shape index (κ3) is 1.99. The van der Waals surface area contributed by atoms with Gasteiger partial charge in [0.05, 0.1) is 0 Å². The van der Waals surface area contributed by atoms with E-state index in [0.29, 0.717) is 6.07 Å². The number of thioether (sulfide) groups is 1. The lowest BCUT2D eigenvalue weighted by atomic mass is 9.89. The third-order valence-corrected chi connectivity index (χ3v) is 5.50. The molecule has 1 amide bonds. The SMILES string of the molecule is CC1(N)C(=O)N2C(C(=O)O)=C(c3cc(F)c(O)c(O)c3F)CS[C@H]21. The van der Waals surface area contributed by atoms with Gasteiger partial charge in [-0.25, -0.2) is 13.6 Å². The molecule has 128 valence electrons. The number of carbonyl (C=O) groups excluding carboxylic acids is 1. The number of hydrogen-bond donors (Lipinski definition) is 4. The fraction of sp³-hybridized carbons (Fsp3) is 0.286. The molecule has 1 aromatic carbocycles. The molecule has 2 aliphatic rings. The van der Waals surface area contributed by atoms with E-state index in [2.05, 4.69) is 0 Å². The maximum Gasteiger partial charge on any atom is 0.352 e. The van der Waals surface area contributed by atoms with Gasteiger partial charge in [-0.2, -0.15) is 0 Å². The smallest absolute Gasteiger partial charge is 0.352 e. The van der Waals surface area contributed by atoms with E-state index in [1.807, 2.05) is 0 Å². The zero-order valence-electron chi connectivity index (χ0n) is 12.2. The van der Waals surface area contributed by atoms with E-state index in [-0.39, 0.29) is 11.3 Å². The first-order chi connectivity index (χ1) is 11.1. The van der Waals surface area contributed by atoms with Crippen LogP contribution in [0.4, 0.5) is 8.78 Å². The number of carboxylic acid groups (broad SMARTS) is 1. The van der Waals surface area contributed by atoms with Crippen molar-refractivity contribution in [3.63, 3.8) is 0 Å². The first kappa shape index (κ1) is 16.5. The van der Waals surface area contributed by atoms with E-state index < -0.39 is 57.2 Å². The number of benzene rings is 1. The number of aliphatic carboxylic acids is 1. The molecule has 10 heteroatoms. The van der Waals surface area contributed by atoms with Gasteiger partial charge in [0, 0.05) is 16.9 Å². The summed E-state index contributed by atoms with van der Waals surface area (Å²) in [5.41, 5.74) is 3.34. The summed E-state index contributed by atoms with van der Waals surface area (Å²) in [4.78, 5) is 24.6. The molecule has 24 heavy (non-hydrogen) atoms. The van der Waals surface area contributed by atoms with E-state index in [0.717, 1.165) is 16.7 Å². The van der Waals surface area contributed by atoms with Crippen molar-refractivity contribution in [2.75, 3.05) is 5.75 Å². The summed E-state index contributed by atoms with van der Waals surface area (Å²) in [6, 6.07) is 0.579. The van der Waals surface area contributed by atoms with Gasteiger partial charge in [0.15, 0.2) is 23.1 Å². The number of carboxylic acids is 1. The van der Waals surface area contributed by atoms with E-state index in [9.17, 15) is 33.7 Å². The second kappa shape index (κ2) is 5.08. The number of fused-ring (bicyclic) bond motifs is 1. The molecule has 1 saturated heterocycles. The van der Waals surface area contributed by atoms with Gasteiger partial charge in [0.25, 0.3) is 5.91 Å². The molecular weight excluding hydrogens is 346 g/mol. The van der Waals surface area contributed by atoms with Crippen LogP contribution in [0.15, 0.2) is 11.8 Å². The van der Waals surface area contributed by atoms with Crippen LogP contribution in [0.25, 0.3) is 5.57 Å². The highest BCUT2D eigenvalue weighted by molar-refractivity contribution is 8.00. The topological polar surface area (TPSA) is 124 Å². The van der Waals surface area contributed by atoms with Gasteiger partial charge in [-0.15, -0.1) is 11.8 Å². The van der Waals surface area contributed by atoms with Crippen molar-refractivity contribution in [2.24, 2.45) is 5.73 Å². The number of nitrogens with two attached hydrogens (primary N) is 1. The van der Waals surface area contributed by atoms with Crippen LogP contribution in [-0.4, -0.2) is 48.8 Å². The van der Waals surface area contributed by atoms with Gasteiger partial charge < -0.3 is 21.1 Å². The Hall–Kier alpha value is -2.33. The van der Waals surface area contributed by atoms with Gasteiger partial charge in [-0.1, -0.05) is 0 Å². The number of amides is 1. The van der Waals surface area contributed by atoms with Gasteiger partial charge in [0.1, 0.15) is 16.6 Å². The molecule has 0 aliphatic carbocycles. The molecule has 0 aromatic heterocycles. The lowest BCUT2D eigenvalue weighted by Crippen LogP contribution is -2.76. The summed E-state index contributed by atoms with van der Waals surface area (Å²) in [5.74, 6) is -7.51. The molecule has 0 saturated carbocycles. The van der Waals surface area contributed by atoms with Crippen molar-refractivity contribution < 1.29 is 33.7 Å². The van der Waals surface area contributed by atoms with Crippen LogP contribution in [0.3, 0.4) is 0 Å². The molecule has 2 aliphatic heterocycles. The molecule has 0 bridgehead atoms. The minimum absolute atomic E-state index is 0.0660. The average Bonchev–Trinajstić information content (AvgIpc) is 2.54. The highest BCUT2D eigenvalue weighted by atomic mass is 32.2. The monoisotopic (exact) mass is 358 g/mol. The van der Waals surface area contributed by atoms with E-state index in [1.165, 1.54) is 6.92 Å². The maximum absolute atomic E-state index is 14.2. The molecule has 1 fully saturated rings. The molecule has 7 nitrogen and oxygen atoms in total. The minimum atomic E-state index is -1.51. The van der Waals surface area contributed by atoms with Crippen LogP contribution in [0.5, 0.6) is 11.5 Å². The van der Waals surface area contributed by atoms with E-state index in [1.54, 1.807) is 0 Å². The number of aromatic hydroxyl groups is 2. The van der Waals surface area contributed by atoms with Crippen molar-refractivity contribution in [1.82, 2.24) is 4.90 Å². The number of carbonyl (C=O) groups is 2. The number of halogens is 2. The Labute approximate surface area is 138 Å². The lowest BCUT2D eigenvalue weighted by Gasteiger charge is -2.54. The number of β-lactam (4-membered cyclic amide) rings is 1. The van der Waals surface area contributed by atoms with Crippen LogP contribution >= 0.6 is 11.8 Å². The van der Waals surface area contributed by atoms with E-state index in [4.69, 9.17) is 5.73 Å². The standard InChI is InChI=1S/C14H12F2N2O5S/c1-14(17)12(23)18-8(11(21)22)5(3-24-13(14)18)4-2-6(15)9(19)10(20)7(4)16/h2,13,19-20H,3,17H2,1H3,(H,21,22)/t13-,14?/m0/s1. The second-order valence-electron chi connectivity index (χ2n) is 5.67. The second-order valence-corrected chi connectivity index (χ2v) is 6.74. The summed E-state index contributed by atoms with van der Waals surface area (Å²) in [7, 11) is 0. The summed E-state index contributed by atoms with van der Waals surface area (Å²) in [6.45, 7) is 1.46. The maximum atomic E-state index is 14.2.